The molecule has 10 nitrogen and oxygen atoms in total. The summed E-state index contributed by atoms with van der Waals surface area (Å²) in [6.07, 6.45) is 0. The van der Waals surface area contributed by atoms with Gasteiger partial charge in [-0.25, -0.2) is 4.79 Å². The summed E-state index contributed by atoms with van der Waals surface area (Å²) in [6.45, 7) is 0.938. The van der Waals surface area contributed by atoms with Crippen molar-refractivity contribution in [3.05, 3.63) is 70.0 Å². The molecule has 30 heavy (non-hydrogen) atoms. The molecular formula is C20H17N3O7. The zero-order valence-electron chi connectivity index (χ0n) is 16.1. The van der Waals surface area contributed by atoms with Crippen LogP contribution in [-0.4, -0.2) is 35.7 Å². The number of esters is 1. The molecule has 0 spiro atoms. The van der Waals surface area contributed by atoms with Gasteiger partial charge in [0, 0.05) is 17.7 Å². The maximum absolute atomic E-state index is 12.5. The molecule has 0 aliphatic rings. The molecule has 10 heteroatoms. The second-order valence-corrected chi connectivity index (χ2v) is 6.09. The van der Waals surface area contributed by atoms with Crippen LogP contribution >= 0.6 is 0 Å². The lowest BCUT2D eigenvalue weighted by Crippen LogP contribution is -2.21. The van der Waals surface area contributed by atoms with E-state index in [1.54, 1.807) is 31.2 Å². The van der Waals surface area contributed by atoms with Crippen molar-refractivity contribution in [2.24, 2.45) is 0 Å². The molecule has 1 N–H and O–H groups in total. The van der Waals surface area contributed by atoms with E-state index in [1.165, 1.54) is 19.2 Å². The first-order valence-corrected chi connectivity index (χ1v) is 8.71. The number of hydrogen-bond acceptors (Lipinski definition) is 8. The molecule has 1 heterocycles. The average molecular weight is 411 g/mol. The van der Waals surface area contributed by atoms with Gasteiger partial charge in [-0.15, -0.1) is 0 Å². The second kappa shape index (κ2) is 8.86. The predicted molar refractivity (Wildman–Crippen MR) is 105 cm³/mol. The Balaban J connectivity index is 1.71. The zero-order chi connectivity index (χ0) is 21.7. The number of carbonyl (C=O) groups is 2. The molecular weight excluding hydrogens is 394 g/mol. The van der Waals surface area contributed by atoms with Crippen LogP contribution in [0.2, 0.25) is 0 Å². The van der Waals surface area contributed by atoms with E-state index in [0.717, 1.165) is 6.07 Å². The van der Waals surface area contributed by atoms with Gasteiger partial charge in [-0.1, -0.05) is 35.5 Å². The van der Waals surface area contributed by atoms with Crippen LogP contribution in [0, 0.1) is 17.0 Å². The van der Waals surface area contributed by atoms with Gasteiger partial charge in [0.2, 0.25) is 0 Å². The van der Waals surface area contributed by atoms with Crippen molar-refractivity contribution >= 4 is 23.3 Å². The zero-order valence-corrected chi connectivity index (χ0v) is 16.1. The van der Waals surface area contributed by atoms with E-state index < -0.39 is 23.4 Å². The number of ether oxygens (including phenoxy) is 2. The number of amides is 1. The van der Waals surface area contributed by atoms with Gasteiger partial charge >= 0.3 is 5.97 Å². The number of nitro benzene ring substituents is 1. The minimum absolute atomic E-state index is 0.0823. The molecule has 0 aliphatic heterocycles. The number of nitrogens with zero attached hydrogens (tertiary/aromatic N) is 2. The number of anilines is 1. The van der Waals surface area contributed by atoms with E-state index >= 15 is 0 Å². The third-order valence-electron chi connectivity index (χ3n) is 4.12. The lowest BCUT2D eigenvalue weighted by Gasteiger charge is -2.10. The summed E-state index contributed by atoms with van der Waals surface area (Å²) in [6, 6.07) is 12.7. The van der Waals surface area contributed by atoms with Crippen molar-refractivity contribution in [3.8, 4) is 17.0 Å². The van der Waals surface area contributed by atoms with Gasteiger partial charge in [0.25, 0.3) is 11.6 Å². The van der Waals surface area contributed by atoms with E-state index in [4.69, 9.17) is 14.0 Å². The van der Waals surface area contributed by atoms with E-state index in [1.807, 2.05) is 6.07 Å². The van der Waals surface area contributed by atoms with Crippen LogP contribution in [0.4, 0.5) is 11.4 Å². The van der Waals surface area contributed by atoms with Crippen molar-refractivity contribution in [1.29, 1.82) is 0 Å². The molecule has 0 radical (unpaired) electrons. The summed E-state index contributed by atoms with van der Waals surface area (Å²) in [5, 5.41) is 17.3. The quantitative estimate of drug-likeness (QED) is 0.355. The Kier molecular flexibility index (Phi) is 6.06. The van der Waals surface area contributed by atoms with Crippen LogP contribution < -0.4 is 10.1 Å². The first-order chi connectivity index (χ1) is 14.4. The summed E-state index contributed by atoms with van der Waals surface area (Å²) < 4.78 is 15.3. The summed E-state index contributed by atoms with van der Waals surface area (Å²) in [7, 11) is 1.36. The second-order valence-electron chi connectivity index (χ2n) is 6.09. The minimum atomic E-state index is -0.784. The Bertz CT molecular complexity index is 1090. The number of hydrogen-bond donors (Lipinski definition) is 1. The normalized spacial score (nSPS) is 10.3. The minimum Gasteiger partial charge on any atom is -0.495 e. The van der Waals surface area contributed by atoms with Gasteiger partial charge in [-0.3, -0.25) is 14.9 Å². The molecule has 0 aliphatic carbocycles. The largest absolute Gasteiger partial charge is 0.495 e. The van der Waals surface area contributed by atoms with Crippen molar-refractivity contribution < 1.29 is 28.5 Å². The van der Waals surface area contributed by atoms with Gasteiger partial charge < -0.3 is 19.3 Å². The molecule has 1 aromatic heterocycles. The number of aryl methyl sites for hydroxylation is 1. The fraction of sp³-hybridized carbons (Fsp3) is 0.150. The first-order valence-electron chi connectivity index (χ1n) is 8.71. The van der Waals surface area contributed by atoms with Crippen LogP contribution in [-0.2, 0) is 9.53 Å². The van der Waals surface area contributed by atoms with Crippen molar-refractivity contribution in [3.63, 3.8) is 0 Å². The van der Waals surface area contributed by atoms with Crippen LogP contribution in [0.1, 0.15) is 16.1 Å². The Morgan fingerprint density at radius 3 is 2.60 bits per heavy atom. The maximum Gasteiger partial charge on any atom is 0.344 e. The molecule has 0 unspecified atom stereocenters. The first kappa shape index (κ1) is 20.5. The van der Waals surface area contributed by atoms with Gasteiger partial charge in [-0.2, -0.15) is 0 Å². The number of carbonyl (C=O) groups excluding carboxylic acids is 2. The van der Waals surface area contributed by atoms with Crippen LogP contribution in [0.25, 0.3) is 11.3 Å². The molecule has 2 aromatic carbocycles. The highest BCUT2D eigenvalue weighted by molar-refractivity contribution is 5.99. The number of benzene rings is 2. The van der Waals surface area contributed by atoms with E-state index in [-0.39, 0.29) is 28.4 Å². The van der Waals surface area contributed by atoms with Crippen LogP contribution in [0.3, 0.4) is 0 Å². The standard InChI is InChI=1S/C20H17N3O7/c1-12-18(19(22-30-12)13-6-4-3-5-7-13)20(25)29-11-17(24)21-15-10-14(23(26)27)8-9-16(15)28-2/h3-10H,11H2,1-2H3,(H,21,24). The van der Waals surface area contributed by atoms with Crippen molar-refractivity contribution in [2.75, 3.05) is 19.0 Å². The van der Waals surface area contributed by atoms with Gasteiger partial charge in [-0.05, 0) is 13.0 Å². The SMILES string of the molecule is COc1ccc([N+](=O)[O-])cc1NC(=O)COC(=O)c1c(-c2ccccc2)noc1C. The fourth-order valence-electron chi connectivity index (χ4n) is 2.70. The van der Waals surface area contributed by atoms with E-state index in [0.29, 0.717) is 11.3 Å². The van der Waals surface area contributed by atoms with Crippen LogP contribution in [0.5, 0.6) is 5.75 Å². The highest BCUT2D eigenvalue weighted by Crippen LogP contribution is 2.29. The molecule has 3 rings (SSSR count). The van der Waals surface area contributed by atoms with E-state index in [9.17, 15) is 19.7 Å². The Morgan fingerprint density at radius 2 is 1.93 bits per heavy atom. The average Bonchev–Trinajstić information content (AvgIpc) is 3.14. The van der Waals surface area contributed by atoms with Gasteiger partial charge in [0.15, 0.2) is 6.61 Å². The Morgan fingerprint density at radius 1 is 1.20 bits per heavy atom. The maximum atomic E-state index is 12.5. The molecule has 0 bridgehead atoms. The lowest BCUT2D eigenvalue weighted by atomic mass is 10.1. The van der Waals surface area contributed by atoms with Gasteiger partial charge in [0.1, 0.15) is 22.8 Å². The topological polar surface area (TPSA) is 134 Å². The monoisotopic (exact) mass is 411 g/mol. The van der Waals surface area contributed by atoms with Gasteiger partial charge in [0.05, 0.1) is 17.7 Å². The summed E-state index contributed by atoms with van der Waals surface area (Å²) >= 11 is 0. The summed E-state index contributed by atoms with van der Waals surface area (Å²) in [5.41, 5.74) is 0.933. The molecule has 3 aromatic rings. The molecule has 0 saturated carbocycles. The smallest absolute Gasteiger partial charge is 0.344 e. The molecule has 0 fully saturated rings. The number of methoxy groups -OCH3 is 1. The lowest BCUT2D eigenvalue weighted by molar-refractivity contribution is -0.384. The number of nitrogens with one attached hydrogen (secondary N) is 1. The number of rotatable bonds is 7. The van der Waals surface area contributed by atoms with Crippen molar-refractivity contribution in [1.82, 2.24) is 5.16 Å². The predicted octanol–water partition coefficient (Wildman–Crippen LogP) is 3.36. The highest BCUT2D eigenvalue weighted by Gasteiger charge is 2.24. The Labute approximate surface area is 170 Å². The molecule has 1 amide bonds. The fourth-order valence-corrected chi connectivity index (χ4v) is 2.70. The highest BCUT2D eigenvalue weighted by atomic mass is 16.6. The molecule has 154 valence electrons. The number of aromatic nitrogens is 1. The number of non-ortho nitro benzene ring substituents is 1. The van der Waals surface area contributed by atoms with Crippen molar-refractivity contribution in [2.45, 2.75) is 6.92 Å². The summed E-state index contributed by atoms with van der Waals surface area (Å²) in [4.78, 5) is 35.1. The number of nitro groups is 1. The molecule has 0 saturated heterocycles. The third kappa shape index (κ3) is 4.43. The third-order valence-corrected chi connectivity index (χ3v) is 4.12. The summed E-state index contributed by atoms with van der Waals surface area (Å²) in [5.74, 6) is -1.01. The molecule has 0 atom stereocenters. The van der Waals surface area contributed by atoms with E-state index in [2.05, 4.69) is 10.5 Å². The van der Waals surface area contributed by atoms with Crippen LogP contribution in [0.15, 0.2) is 53.1 Å². The Hall–Kier alpha value is -4.21.